The Morgan fingerprint density at radius 1 is 1.21 bits per heavy atom. The van der Waals surface area contributed by atoms with Crippen molar-refractivity contribution >= 4 is 34.0 Å². The largest absolute Gasteiger partial charge is 0.328 e. The van der Waals surface area contributed by atoms with Crippen LogP contribution >= 0.6 is 12.4 Å². The molecule has 3 rings (SSSR count). The number of anilines is 1. The number of amides is 1. The first-order valence-corrected chi connectivity index (χ1v) is 9.50. The lowest BCUT2D eigenvalue weighted by atomic mass is 10.0. The van der Waals surface area contributed by atoms with Gasteiger partial charge in [-0.25, -0.2) is 8.42 Å². The topological polar surface area (TPSA) is 83.7 Å². The molecule has 6 nitrogen and oxygen atoms in total. The second kappa shape index (κ2) is 7.39. The van der Waals surface area contributed by atoms with E-state index in [4.69, 9.17) is 5.73 Å². The fourth-order valence-electron chi connectivity index (χ4n) is 3.31. The van der Waals surface area contributed by atoms with Crippen LogP contribution in [0.2, 0.25) is 0 Å². The number of halogens is 1. The molecule has 2 heterocycles. The van der Waals surface area contributed by atoms with Crippen LogP contribution in [0, 0.1) is 0 Å². The minimum Gasteiger partial charge on any atom is -0.328 e. The zero-order valence-electron chi connectivity index (χ0n) is 13.8. The summed E-state index contributed by atoms with van der Waals surface area (Å²) in [6.07, 6.45) is 3.15. The highest BCUT2D eigenvalue weighted by atomic mass is 35.5. The Bertz CT molecular complexity index is 715. The number of carbonyl (C=O) groups excluding carboxylic acids is 1. The maximum Gasteiger partial charge on any atom is 0.243 e. The highest BCUT2D eigenvalue weighted by Gasteiger charge is 2.30. The van der Waals surface area contributed by atoms with Crippen molar-refractivity contribution in [1.82, 2.24) is 4.31 Å². The summed E-state index contributed by atoms with van der Waals surface area (Å²) in [5.74, 6) is -0.0514. The lowest BCUT2D eigenvalue weighted by Gasteiger charge is -2.31. The minimum absolute atomic E-state index is 0. The number of carbonyl (C=O) groups is 1. The van der Waals surface area contributed by atoms with E-state index in [1.54, 1.807) is 17.0 Å². The lowest BCUT2D eigenvalue weighted by Crippen LogP contribution is -2.42. The van der Waals surface area contributed by atoms with Gasteiger partial charge in [-0.3, -0.25) is 4.79 Å². The molecule has 1 aromatic carbocycles. The van der Waals surface area contributed by atoms with Crippen LogP contribution in [0.15, 0.2) is 23.1 Å². The van der Waals surface area contributed by atoms with E-state index in [9.17, 15) is 13.2 Å². The Hall–Kier alpha value is -1.15. The van der Waals surface area contributed by atoms with Gasteiger partial charge in [-0.1, -0.05) is 6.07 Å². The van der Waals surface area contributed by atoms with Crippen molar-refractivity contribution in [1.29, 1.82) is 0 Å². The van der Waals surface area contributed by atoms with E-state index in [1.165, 1.54) is 11.2 Å². The number of nitrogens with two attached hydrogens (primary N) is 1. The molecule has 0 radical (unpaired) electrons. The predicted octanol–water partition coefficient (Wildman–Crippen LogP) is 1.52. The third kappa shape index (κ3) is 3.59. The molecule has 0 aliphatic carbocycles. The number of sulfonamides is 1. The van der Waals surface area contributed by atoms with Crippen molar-refractivity contribution in [3.63, 3.8) is 0 Å². The normalized spacial score (nSPS) is 19.5. The molecular formula is C16H24ClN3O3S. The molecule has 1 fully saturated rings. The summed E-state index contributed by atoms with van der Waals surface area (Å²) in [6, 6.07) is 5.23. The van der Waals surface area contributed by atoms with Crippen LogP contribution in [0.4, 0.5) is 5.69 Å². The number of fused-ring (bicyclic) bond motifs is 1. The van der Waals surface area contributed by atoms with Gasteiger partial charge in [-0.15, -0.1) is 12.4 Å². The van der Waals surface area contributed by atoms with E-state index in [1.807, 2.05) is 6.07 Å². The molecule has 2 aliphatic rings. The monoisotopic (exact) mass is 373 g/mol. The first kappa shape index (κ1) is 19.2. The van der Waals surface area contributed by atoms with E-state index < -0.39 is 10.0 Å². The Kier molecular flexibility index (Phi) is 5.91. The van der Waals surface area contributed by atoms with E-state index in [-0.39, 0.29) is 29.3 Å². The summed E-state index contributed by atoms with van der Waals surface area (Å²) in [6.45, 7) is 3.07. The Labute approximate surface area is 149 Å². The number of benzene rings is 1. The molecule has 2 aliphatic heterocycles. The van der Waals surface area contributed by atoms with Crippen molar-refractivity contribution in [3.05, 3.63) is 23.8 Å². The third-order valence-corrected chi connectivity index (χ3v) is 6.59. The van der Waals surface area contributed by atoms with Gasteiger partial charge in [0.1, 0.15) is 0 Å². The molecule has 1 saturated heterocycles. The second-order valence-electron chi connectivity index (χ2n) is 6.31. The smallest absolute Gasteiger partial charge is 0.243 e. The molecule has 0 bridgehead atoms. The Morgan fingerprint density at radius 3 is 2.50 bits per heavy atom. The van der Waals surface area contributed by atoms with Gasteiger partial charge >= 0.3 is 0 Å². The maximum absolute atomic E-state index is 12.8. The van der Waals surface area contributed by atoms with Gasteiger partial charge in [0, 0.05) is 38.3 Å². The first-order chi connectivity index (χ1) is 10.9. The molecule has 0 atom stereocenters. The predicted molar refractivity (Wildman–Crippen MR) is 96.0 cm³/mol. The summed E-state index contributed by atoms with van der Waals surface area (Å²) in [5, 5.41) is 0. The maximum atomic E-state index is 12.8. The lowest BCUT2D eigenvalue weighted by molar-refractivity contribution is -0.116. The quantitative estimate of drug-likeness (QED) is 0.851. The van der Waals surface area contributed by atoms with Gasteiger partial charge in [0.15, 0.2) is 0 Å². The van der Waals surface area contributed by atoms with Gasteiger partial charge in [0.2, 0.25) is 15.9 Å². The summed E-state index contributed by atoms with van der Waals surface area (Å²) in [5.41, 5.74) is 7.62. The molecule has 1 amide bonds. The second-order valence-corrected chi connectivity index (χ2v) is 8.24. The molecule has 134 valence electrons. The van der Waals surface area contributed by atoms with E-state index in [0.29, 0.717) is 32.5 Å². The van der Waals surface area contributed by atoms with E-state index in [2.05, 4.69) is 0 Å². The number of hydrogen-bond donors (Lipinski definition) is 1. The van der Waals surface area contributed by atoms with Crippen LogP contribution in [-0.4, -0.2) is 44.3 Å². The van der Waals surface area contributed by atoms with Crippen molar-refractivity contribution in [2.45, 2.75) is 43.5 Å². The van der Waals surface area contributed by atoms with E-state index in [0.717, 1.165) is 24.1 Å². The van der Waals surface area contributed by atoms with Gasteiger partial charge in [-0.2, -0.15) is 4.31 Å². The highest BCUT2D eigenvalue weighted by molar-refractivity contribution is 7.89. The van der Waals surface area contributed by atoms with Crippen LogP contribution in [0.3, 0.4) is 0 Å². The highest BCUT2D eigenvalue weighted by Crippen LogP contribution is 2.31. The number of aryl methyl sites for hydroxylation is 1. The molecule has 0 spiro atoms. The summed E-state index contributed by atoms with van der Waals surface area (Å²) < 4.78 is 27.2. The Balaban J connectivity index is 0.00000208. The van der Waals surface area contributed by atoms with Crippen LogP contribution < -0.4 is 10.6 Å². The number of rotatable bonds is 2. The number of hydrogen-bond acceptors (Lipinski definition) is 4. The van der Waals surface area contributed by atoms with Crippen LogP contribution in [0.1, 0.15) is 31.7 Å². The fourth-order valence-corrected chi connectivity index (χ4v) is 4.80. The van der Waals surface area contributed by atoms with Crippen molar-refractivity contribution in [2.24, 2.45) is 5.73 Å². The first-order valence-electron chi connectivity index (χ1n) is 8.06. The van der Waals surface area contributed by atoms with Crippen molar-refractivity contribution < 1.29 is 13.2 Å². The van der Waals surface area contributed by atoms with Gasteiger partial charge in [-0.05, 0) is 43.4 Å². The van der Waals surface area contributed by atoms with Gasteiger partial charge < -0.3 is 10.6 Å². The fraction of sp³-hybridized carbons (Fsp3) is 0.562. The molecule has 1 aromatic rings. The van der Waals surface area contributed by atoms with Gasteiger partial charge in [0.25, 0.3) is 0 Å². The summed E-state index contributed by atoms with van der Waals surface area (Å²) in [4.78, 5) is 13.7. The number of piperidine rings is 1. The average molecular weight is 374 g/mol. The molecule has 24 heavy (non-hydrogen) atoms. The van der Waals surface area contributed by atoms with Crippen LogP contribution in [0.25, 0.3) is 0 Å². The van der Waals surface area contributed by atoms with Crippen molar-refractivity contribution in [2.75, 3.05) is 24.5 Å². The summed E-state index contributed by atoms with van der Waals surface area (Å²) >= 11 is 0. The van der Waals surface area contributed by atoms with Crippen LogP contribution in [-0.2, 0) is 21.2 Å². The van der Waals surface area contributed by atoms with Crippen LogP contribution in [0.5, 0.6) is 0 Å². The SMILES string of the molecule is CC(=O)N1CCCc2ccc(S(=O)(=O)N3CCC(N)CC3)cc21.Cl. The Morgan fingerprint density at radius 2 is 1.88 bits per heavy atom. The zero-order valence-corrected chi connectivity index (χ0v) is 15.4. The summed E-state index contributed by atoms with van der Waals surface area (Å²) in [7, 11) is -3.53. The number of nitrogens with zero attached hydrogens (tertiary/aromatic N) is 2. The molecular weight excluding hydrogens is 350 g/mol. The molecule has 0 unspecified atom stereocenters. The van der Waals surface area contributed by atoms with E-state index >= 15 is 0 Å². The molecule has 0 aromatic heterocycles. The standard InChI is InChI=1S/C16H23N3O3S.ClH/c1-12(20)19-8-2-3-13-4-5-15(11-16(13)19)23(21,22)18-9-6-14(17)7-10-18;/h4-5,11,14H,2-3,6-10,17H2,1H3;1H. The third-order valence-electron chi connectivity index (χ3n) is 4.69. The molecule has 8 heteroatoms. The molecule has 2 N–H and O–H groups in total. The van der Waals surface area contributed by atoms with Gasteiger partial charge in [0.05, 0.1) is 4.90 Å². The molecule has 0 saturated carbocycles. The zero-order chi connectivity index (χ0) is 16.6. The average Bonchev–Trinajstić information content (AvgIpc) is 2.54. The van der Waals surface area contributed by atoms with Crippen molar-refractivity contribution in [3.8, 4) is 0 Å². The minimum atomic E-state index is -3.53.